The highest BCUT2D eigenvalue weighted by molar-refractivity contribution is 6.98. The molecule has 0 N–H and O–H groups in total. The van der Waals surface area contributed by atoms with E-state index in [4.69, 9.17) is 9.47 Å². The minimum Gasteiger partial charge on any atom is -0.458 e. The summed E-state index contributed by atoms with van der Waals surface area (Å²) in [5.74, 6) is 3.50. The van der Waals surface area contributed by atoms with E-state index in [0.29, 0.717) is 0 Å². The number of ether oxygens (including phenoxy) is 2. The third-order valence-corrected chi connectivity index (χ3v) is 13.8. The lowest BCUT2D eigenvalue weighted by Crippen LogP contribution is -2.57. The normalized spacial score (nSPS) is 14.0. The van der Waals surface area contributed by atoms with Crippen molar-refractivity contribution >= 4 is 44.6 Å². The highest BCUT2D eigenvalue weighted by Gasteiger charge is 2.52. The van der Waals surface area contributed by atoms with Gasteiger partial charge in [-0.05, 0) is 130 Å². The fourth-order valence-corrected chi connectivity index (χ4v) is 11.5. The van der Waals surface area contributed by atoms with Crippen molar-refractivity contribution in [1.29, 1.82) is 0 Å². The van der Waals surface area contributed by atoms with Crippen LogP contribution in [0.1, 0.15) is 22.3 Å². The van der Waals surface area contributed by atoms with Gasteiger partial charge in [-0.3, -0.25) is 0 Å². The first-order chi connectivity index (χ1) is 29.8. The van der Waals surface area contributed by atoms with Gasteiger partial charge in [0.15, 0.2) is 0 Å². The Hall–Kier alpha value is -7.62. The maximum absolute atomic E-state index is 6.80. The first-order valence-corrected chi connectivity index (χ1v) is 20.9. The van der Waals surface area contributed by atoms with Crippen LogP contribution in [0.2, 0.25) is 0 Å². The quantitative estimate of drug-likeness (QED) is 0.163. The molecule has 14 rings (SSSR count). The second-order valence-electron chi connectivity index (χ2n) is 16.6. The Balaban J connectivity index is 1.03. The van der Waals surface area contributed by atoms with Gasteiger partial charge in [-0.2, -0.15) is 0 Å². The van der Waals surface area contributed by atoms with Crippen molar-refractivity contribution in [1.82, 2.24) is 0 Å². The summed E-state index contributed by atoms with van der Waals surface area (Å²) >= 11 is 0. The molecule has 0 atom stereocenters. The molecule has 10 aromatic rings. The highest BCUT2D eigenvalue weighted by atomic mass is 16.5. The van der Waals surface area contributed by atoms with E-state index < -0.39 is 5.41 Å². The Morgan fingerprint density at radius 1 is 0.333 bits per heavy atom. The van der Waals surface area contributed by atoms with E-state index in [1.807, 2.05) is 12.1 Å². The predicted octanol–water partition coefficient (Wildman–Crippen LogP) is 12.4. The summed E-state index contributed by atoms with van der Waals surface area (Å²) < 4.78 is 13.2. The molecule has 276 valence electrons. The van der Waals surface area contributed by atoms with Crippen LogP contribution in [0.25, 0.3) is 66.1 Å². The molecule has 0 aromatic heterocycles. The molecule has 0 amide bonds. The van der Waals surface area contributed by atoms with Gasteiger partial charge >= 0.3 is 0 Å². The van der Waals surface area contributed by atoms with Gasteiger partial charge in [0.05, 0.1) is 5.41 Å². The Morgan fingerprint density at radius 2 is 0.917 bits per heavy atom. The van der Waals surface area contributed by atoms with Crippen molar-refractivity contribution in [3.8, 4) is 67.5 Å². The van der Waals surface area contributed by atoms with Crippen LogP contribution in [-0.4, -0.2) is 6.71 Å². The van der Waals surface area contributed by atoms with E-state index >= 15 is 0 Å². The van der Waals surface area contributed by atoms with Crippen LogP contribution in [-0.2, 0) is 5.41 Å². The Bertz CT molecular complexity index is 3480. The molecule has 60 heavy (non-hydrogen) atoms. The fraction of sp³-hybridized carbons (Fsp3) is 0.0175. The Labute approximate surface area is 348 Å². The van der Waals surface area contributed by atoms with Crippen molar-refractivity contribution in [2.45, 2.75) is 5.41 Å². The average molecular weight is 761 g/mol. The monoisotopic (exact) mass is 760 g/mol. The molecule has 0 unspecified atom stereocenters. The van der Waals surface area contributed by atoms with Gasteiger partial charge in [-0.1, -0.05) is 170 Å². The van der Waals surface area contributed by atoms with Crippen molar-refractivity contribution in [3.05, 3.63) is 222 Å². The van der Waals surface area contributed by atoms with E-state index in [-0.39, 0.29) is 6.71 Å². The molecule has 3 heteroatoms. The lowest BCUT2D eigenvalue weighted by Gasteiger charge is -2.33. The number of hydrogen-bond donors (Lipinski definition) is 0. The van der Waals surface area contributed by atoms with Gasteiger partial charge in [0.1, 0.15) is 23.0 Å². The lowest BCUT2D eigenvalue weighted by molar-refractivity contribution is 0.464. The number of fused-ring (bicyclic) bond motifs is 18. The lowest BCUT2D eigenvalue weighted by atomic mass is 9.35. The van der Waals surface area contributed by atoms with Crippen molar-refractivity contribution in [2.75, 3.05) is 0 Å². The third-order valence-electron chi connectivity index (χ3n) is 13.8. The highest BCUT2D eigenvalue weighted by Crippen LogP contribution is 2.65. The minimum atomic E-state index is -0.485. The second kappa shape index (κ2) is 11.7. The van der Waals surface area contributed by atoms with E-state index in [1.54, 1.807) is 0 Å². The smallest absolute Gasteiger partial charge is 0.260 e. The molecule has 0 saturated carbocycles. The summed E-state index contributed by atoms with van der Waals surface area (Å²) in [4.78, 5) is 0. The van der Waals surface area contributed by atoms with Crippen LogP contribution in [0.15, 0.2) is 200 Å². The van der Waals surface area contributed by atoms with Crippen molar-refractivity contribution in [2.24, 2.45) is 0 Å². The second-order valence-corrected chi connectivity index (χ2v) is 16.6. The van der Waals surface area contributed by atoms with Crippen LogP contribution in [0.3, 0.4) is 0 Å². The first kappa shape index (κ1) is 32.4. The van der Waals surface area contributed by atoms with Crippen LogP contribution in [0.4, 0.5) is 0 Å². The molecule has 2 aliphatic heterocycles. The molecule has 4 aliphatic rings. The zero-order valence-electron chi connectivity index (χ0n) is 32.4. The molecule has 2 nitrogen and oxygen atoms in total. The topological polar surface area (TPSA) is 18.5 Å². The number of rotatable bonds is 2. The summed E-state index contributed by atoms with van der Waals surface area (Å²) in [7, 11) is 0. The molecule has 2 heterocycles. The summed E-state index contributed by atoms with van der Waals surface area (Å²) in [6.45, 7) is 0.0286. The summed E-state index contributed by atoms with van der Waals surface area (Å²) in [5, 5.41) is 5.07. The molecule has 1 spiro atoms. The van der Waals surface area contributed by atoms with Gasteiger partial charge in [0, 0.05) is 5.46 Å². The van der Waals surface area contributed by atoms with Crippen LogP contribution < -0.4 is 25.9 Å². The molecule has 2 aliphatic carbocycles. The summed E-state index contributed by atoms with van der Waals surface area (Å²) in [6, 6.07) is 73.8. The zero-order chi connectivity index (χ0) is 39.1. The third kappa shape index (κ3) is 4.04. The standard InChI is InChI=1S/C57H33BO2/c1-2-16-37-34(14-1)28-30-46-54(37)55-42-21-6-5-18-39(42)43(33-47(55)57(46)44-22-9-7-19-40(44)41-20-8-10-23-45(41)57)38-17-4-3-15-36(38)35-29-31-49-53(32-35)60-52-27-13-26-51-56(52)58(49)48-24-11-12-25-50(48)59-51/h1-33H. The molecule has 10 aromatic carbocycles. The Kier molecular flexibility index (Phi) is 6.33. The summed E-state index contributed by atoms with van der Waals surface area (Å²) in [5.41, 5.74) is 18.3. The van der Waals surface area contributed by atoms with E-state index in [0.717, 1.165) is 44.9 Å². The minimum absolute atomic E-state index is 0.0286. The largest absolute Gasteiger partial charge is 0.458 e. The Morgan fingerprint density at radius 3 is 1.72 bits per heavy atom. The number of benzene rings is 10. The zero-order valence-corrected chi connectivity index (χ0v) is 32.4. The molecule has 0 saturated heterocycles. The van der Waals surface area contributed by atoms with Gasteiger partial charge in [-0.15, -0.1) is 0 Å². The molecular weight excluding hydrogens is 727 g/mol. The number of hydrogen-bond acceptors (Lipinski definition) is 2. The SMILES string of the molecule is c1ccc2c(c1)Oc1cccc3c1B2c1ccc(-c2ccccc2-c2cc4c(c5ccccc25)-c2c(ccc5ccccc25)C42c4ccccc4-c4ccccc42)cc1O3. The van der Waals surface area contributed by atoms with Gasteiger partial charge in [0.25, 0.3) is 6.71 Å². The van der Waals surface area contributed by atoms with E-state index in [2.05, 4.69) is 188 Å². The average Bonchev–Trinajstić information content (AvgIpc) is 3.79. The maximum Gasteiger partial charge on any atom is 0.260 e. The predicted molar refractivity (Wildman–Crippen MR) is 246 cm³/mol. The van der Waals surface area contributed by atoms with Crippen LogP contribution in [0.5, 0.6) is 23.0 Å². The maximum atomic E-state index is 6.80. The van der Waals surface area contributed by atoms with Crippen molar-refractivity contribution < 1.29 is 9.47 Å². The number of para-hydroxylation sites is 1. The van der Waals surface area contributed by atoms with Gasteiger partial charge in [-0.25, -0.2) is 0 Å². The van der Waals surface area contributed by atoms with E-state index in [1.165, 1.54) is 82.7 Å². The van der Waals surface area contributed by atoms with Gasteiger partial charge in [0.2, 0.25) is 0 Å². The molecular formula is C57H33BO2. The van der Waals surface area contributed by atoms with Crippen LogP contribution >= 0.6 is 0 Å². The first-order valence-electron chi connectivity index (χ1n) is 20.9. The van der Waals surface area contributed by atoms with Crippen LogP contribution in [0, 0.1) is 0 Å². The summed E-state index contributed by atoms with van der Waals surface area (Å²) in [6.07, 6.45) is 0. The molecule has 0 bridgehead atoms. The molecule has 0 fully saturated rings. The van der Waals surface area contributed by atoms with E-state index in [9.17, 15) is 0 Å². The fourth-order valence-electron chi connectivity index (χ4n) is 11.5. The van der Waals surface area contributed by atoms with Gasteiger partial charge < -0.3 is 9.47 Å². The van der Waals surface area contributed by atoms with Crippen molar-refractivity contribution in [3.63, 3.8) is 0 Å². The molecule has 0 radical (unpaired) electrons.